The molecule has 6 heterocycles. The summed E-state index contributed by atoms with van der Waals surface area (Å²) in [5.74, 6) is -1.60. The van der Waals surface area contributed by atoms with E-state index in [9.17, 15) is 29.1 Å². The Hall–Kier alpha value is -6.30. The molecule has 2 aromatic carbocycles. The quantitative estimate of drug-likeness (QED) is 0.101. The zero-order valence-electron chi connectivity index (χ0n) is 41.0. The number of methoxy groups -OCH3 is 1. The molecule has 0 spiro atoms. The number of likely N-dealkylation sites (N-methyl/N-ethyl adjacent to an activating group) is 1. The normalized spacial score (nSPS) is 21.7. The highest BCUT2D eigenvalue weighted by atomic mass is 16.5. The van der Waals surface area contributed by atoms with Crippen LogP contribution in [0.15, 0.2) is 66.9 Å². The molecule has 0 unspecified atom stereocenters. The standard InChI is InChI=1S/C52H67N9O8/c1-9-60-43-16-15-34-27-38(43)39(46(60)37-13-10-17-53-44(37)32(4)68-8)28-52(5,6)30-69-50(66)40-14-11-20-61(56-40)49(65)41(25-33-23-35(34)26-36(62)24-33)55-47(63)45(31(2)3)57(7)51(67)59-19-12-18-58(21-22-59)48(64)42-29-54-42/h10,13,15-17,23-24,26-27,32,40-42,45,54,56,62H,2,9,11-12,14,18-22,25,28-30H2,1,3-8H3,(H,55,63)/t32-,40-,41-,42-,45-/m0/s1. The van der Waals surface area contributed by atoms with E-state index in [0.717, 1.165) is 39.0 Å². The Morgan fingerprint density at radius 3 is 2.52 bits per heavy atom. The van der Waals surface area contributed by atoms with Crippen LogP contribution in [0.4, 0.5) is 4.79 Å². The minimum absolute atomic E-state index is 0.0218. The largest absolute Gasteiger partial charge is 0.508 e. The highest BCUT2D eigenvalue weighted by Gasteiger charge is 2.39. The van der Waals surface area contributed by atoms with Gasteiger partial charge in [-0.2, -0.15) is 0 Å². The SMILES string of the molecule is C=C(C)[C@@H](C(=O)N[C@H]1Cc2cc(O)cc(c2)-c2ccc3c(c2)c(c(-c2cccnc2[C@H](C)OC)n3CC)CC(C)(C)COC(=O)[C@@H]2CCCN(N2)C1=O)N(C)C(=O)N1CCCN(C(=O)[C@@H]2CN2)CC1. The number of hydrazine groups is 1. The van der Waals surface area contributed by atoms with Crippen molar-refractivity contribution in [2.45, 2.75) is 104 Å². The molecule has 69 heavy (non-hydrogen) atoms. The lowest BCUT2D eigenvalue weighted by Gasteiger charge is -2.37. The Morgan fingerprint density at radius 2 is 1.80 bits per heavy atom. The highest BCUT2D eigenvalue weighted by molar-refractivity contribution is 5.96. The van der Waals surface area contributed by atoms with Gasteiger partial charge in [0.1, 0.15) is 23.9 Å². The molecule has 8 rings (SSSR count). The number of nitrogens with zero attached hydrogens (tertiary/aromatic N) is 6. The number of carbonyl (C=O) groups is 5. The van der Waals surface area contributed by atoms with E-state index in [1.165, 1.54) is 17.0 Å². The van der Waals surface area contributed by atoms with Gasteiger partial charge >= 0.3 is 12.0 Å². The number of cyclic esters (lactones) is 1. The van der Waals surface area contributed by atoms with Crippen LogP contribution < -0.4 is 16.1 Å². The summed E-state index contributed by atoms with van der Waals surface area (Å²) in [5, 5.41) is 19.7. The zero-order valence-corrected chi connectivity index (χ0v) is 41.0. The first-order valence-electron chi connectivity index (χ1n) is 24.2. The van der Waals surface area contributed by atoms with Crippen molar-refractivity contribution in [2.75, 3.05) is 60.0 Å². The van der Waals surface area contributed by atoms with Crippen LogP contribution in [0.5, 0.6) is 5.75 Å². The number of urea groups is 1. The number of aromatic nitrogens is 2. The number of carbonyl (C=O) groups excluding carboxylic acids is 5. The Kier molecular flexibility index (Phi) is 14.5. The molecular formula is C52H67N9O8. The minimum atomic E-state index is -1.20. The fraction of sp³-hybridized carbons (Fsp3) is 0.500. The lowest BCUT2D eigenvalue weighted by molar-refractivity contribution is -0.155. The second-order valence-electron chi connectivity index (χ2n) is 19.8. The molecular weight excluding hydrogens is 879 g/mol. The van der Waals surface area contributed by atoms with Crippen molar-refractivity contribution in [2.24, 2.45) is 5.41 Å². The van der Waals surface area contributed by atoms with E-state index in [1.807, 2.05) is 25.1 Å². The van der Waals surface area contributed by atoms with Crippen molar-refractivity contribution in [3.05, 3.63) is 83.7 Å². The smallest absolute Gasteiger partial charge is 0.324 e. The topological polar surface area (TPSA) is 201 Å². The van der Waals surface area contributed by atoms with Gasteiger partial charge in [-0.3, -0.25) is 29.2 Å². The number of phenols is 1. The zero-order chi connectivity index (χ0) is 49.3. The summed E-state index contributed by atoms with van der Waals surface area (Å²) in [6.07, 6.45) is 3.49. The number of amides is 5. The van der Waals surface area contributed by atoms with Crippen molar-refractivity contribution >= 4 is 40.6 Å². The average molecular weight is 946 g/mol. The van der Waals surface area contributed by atoms with Gasteiger partial charge in [0.05, 0.1) is 30.1 Å². The first kappa shape index (κ1) is 49.1. The molecule has 4 aliphatic heterocycles. The van der Waals surface area contributed by atoms with Crippen LogP contribution in [-0.4, -0.2) is 148 Å². The fourth-order valence-electron chi connectivity index (χ4n) is 10.2. The molecule has 17 heteroatoms. The van der Waals surface area contributed by atoms with Crippen LogP contribution in [0, 0.1) is 5.41 Å². The van der Waals surface area contributed by atoms with Gasteiger partial charge in [-0.05, 0) is 111 Å². The minimum Gasteiger partial charge on any atom is -0.508 e. The molecule has 3 fully saturated rings. The fourth-order valence-corrected chi connectivity index (χ4v) is 10.2. The first-order chi connectivity index (χ1) is 33.0. The molecule has 4 aliphatic rings. The summed E-state index contributed by atoms with van der Waals surface area (Å²) in [7, 11) is 3.21. The summed E-state index contributed by atoms with van der Waals surface area (Å²) >= 11 is 0. The molecule has 2 aromatic heterocycles. The number of hydrogen-bond donors (Lipinski definition) is 4. The highest BCUT2D eigenvalue weighted by Crippen LogP contribution is 2.42. The van der Waals surface area contributed by atoms with Gasteiger partial charge < -0.3 is 44.5 Å². The number of phenolic OH excluding ortho intramolecular Hbond substituents is 1. The van der Waals surface area contributed by atoms with Crippen LogP contribution >= 0.6 is 0 Å². The Morgan fingerprint density at radius 1 is 1.04 bits per heavy atom. The molecule has 0 saturated carbocycles. The van der Waals surface area contributed by atoms with Gasteiger partial charge in [0.25, 0.3) is 5.91 Å². The first-order valence-corrected chi connectivity index (χ1v) is 24.2. The number of ether oxygens (including phenoxy) is 2. The predicted octanol–water partition coefficient (Wildman–Crippen LogP) is 4.95. The van der Waals surface area contributed by atoms with Gasteiger partial charge in [-0.25, -0.2) is 10.2 Å². The monoisotopic (exact) mass is 946 g/mol. The van der Waals surface area contributed by atoms with E-state index < -0.39 is 47.4 Å². The maximum Gasteiger partial charge on any atom is 0.324 e. The number of esters is 1. The van der Waals surface area contributed by atoms with Crippen LogP contribution in [-0.2, 0) is 48.0 Å². The number of fused-ring (bicyclic) bond motifs is 6. The Labute approximate surface area is 404 Å². The molecule has 17 nitrogen and oxygen atoms in total. The van der Waals surface area contributed by atoms with Gasteiger partial charge in [-0.1, -0.05) is 32.6 Å². The van der Waals surface area contributed by atoms with Crippen molar-refractivity contribution in [3.8, 4) is 28.1 Å². The third kappa shape index (κ3) is 10.5. The van der Waals surface area contributed by atoms with Crippen LogP contribution in [0.25, 0.3) is 33.3 Å². The summed E-state index contributed by atoms with van der Waals surface area (Å²) in [6, 6.07) is 11.6. The number of aromatic hydroxyl groups is 1. The van der Waals surface area contributed by atoms with E-state index in [-0.39, 0.29) is 43.4 Å². The third-order valence-electron chi connectivity index (χ3n) is 13.9. The lowest BCUT2D eigenvalue weighted by atomic mass is 9.84. The summed E-state index contributed by atoms with van der Waals surface area (Å²) in [4.78, 5) is 79.8. The lowest BCUT2D eigenvalue weighted by Crippen LogP contribution is -2.62. The number of hydrogen-bond acceptors (Lipinski definition) is 11. The summed E-state index contributed by atoms with van der Waals surface area (Å²) in [6.45, 7) is 17.3. The maximum absolute atomic E-state index is 14.8. The summed E-state index contributed by atoms with van der Waals surface area (Å²) < 4.78 is 14.2. The van der Waals surface area contributed by atoms with Crippen LogP contribution in [0.3, 0.4) is 0 Å². The molecule has 4 N–H and O–H groups in total. The van der Waals surface area contributed by atoms with E-state index in [2.05, 4.69) is 66.2 Å². The Bertz CT molecular complexity index is 2640. The second-order valence-corrected chi connectivity index (χ2v) is 19.8. The molecule has 5 atom stereocenters. The molecule has 6 bridgehead atoms. The molecule has 368 valence electrons. The van der Waals surface area contributed by atoms with Crippen LogP contribution in [0.2, 0.25) is 0 Å². The number of aryl methyl sites for hydroxylation is 1. The van der Waals surface area contributed by atoms with Crippen LogP contribution in [0.1, 0.15) is 76.8 Å². The van der Waals surface area contributed by atoms with Gasteiger partial charge in [0.2, 0.25) is 11.8 Å². The van der Waals surface area contributed by atoms with E-state index in [4.69, 9.17) is 14.5 Å². The number of benzene rings is 2. The van der Waals surface area contributed by atoms with Crippen molar-refractivity contribution in [3.63, 3.8) is 0 Å². The predicted molar refractivity (Wildman–Crippen MR) is 262 cm³/mol. The van der Waals surface area contributed by atoms with Gasteiger partial charge in [0, 0.05) is 94.5 Å². The molecule has 5 amide bonds. The third-order valence-corrected chi connectivity index (χ3v) is 13.9. The van der Waals surface area contributed by atoms with E-state index in [0.29, 0.717) is 81.7 Å². The van der Waals surface area contributed by atoms with Crippen molar-refractivity contribution in [1.82, 2.24) is 45.3 Å². The molecule has 0 radical (unpaired) electrons. The summed E-state index contributed by atoms with van der Waals surface area (Å²) in [5.41, 5.74) is 9.85. The van der Waals surface area contributed by atoms with E-state index in [1.54, 1.807) is 42.2 Å². The van der Waals surface area contributed by atoms with Gasteiger partial charge in [-0.15, -0.1) is 0 Å². The number of rotatable bonds is 9. The van der Waals surface area contributed by atoms with Gasteiger partial charge in [0.15, 0.2) is 0 Å². The molecule has 4 aromatic rings. The Balaban J connectivity index is 1.16. The van der Waals surface area contributed by atoms with Crippen molar-refractivity contribution in [1.29, 1.82) is 0 Å². The molecule has 0 aliphatic carbocycles. The molecule has 3 saturated heterocycles. The van der Waals surface area contributed by atoms with Crippen molar-refractivity contribution < 1.29 is 38.6 Å². The average Bonchev–Trinajstić information content (AvgIpc) is 4.18. The number of nitrogens with one attached hydrogen (secondary N) is 3. The van der Waals surface area contributed by atoms with E-state index >= 15 is 0 Å². The number of pyridine rings is 1. The second kappa shape index (κ2) is 20.3. The maximum atomic E-state index is 14.8.